The number of nitrogens with one attached hydrogen (secondary N) is 2. The Bertz CT molecular complexity index is 1340. The molecular weight excluding hydrogens is 470 g/mol. The second kappa shape index (κ2) is 8.17. The molecule has 154 valence electrons. The summed E-state index contributed by atoms with van der Waals surface area (Å²) in [7, 11) is -3.90. The van der Waals surface area contributed by atoms with Crippen LogP contribution in [-0.4, -0.2) is 18.6 Å². The van der Waals surface area contributed by atoms with Gasteiger partial charge in [0.15, 0.2) is 5.82 Å². The number of hydrogen-bond acceptors (Lipinski definition) is 5. The molecule has 0 saturated carbocycles. The molecule has 2 N–H and O–H groups in total. The number of hydrogen-bond donors (Lipinski definition) is 2. The van der Waals surface area contributed by atoms with Crippen molar-refractivity contribution in [2.45, 2.75) is 23.8 Å². The van der Waals surface area contributed by atoms with Gasteiger partial charge >= 0.3 is 5.76 Å². The van der Waals surface area contributed by atoms with Gasteiger partial charge in [0, 0.05) is 10.4 Å². The topological polar surface area (TPSA) is 105 Å². The highest BCUT2D eigenvalue weighted by Crippen LogP contribution is 2.34. The lowest BCUT2D eigenvalue weighted by atomic mass is 9.89. The van der Waals surface area contributed by atoms with Gasteiger partial charge in [0.25, 0.3) is 0 Å². The van der Waals surface area contributed by atoms with E-state index in [0.717, 1.165) is 20.8 Å². The summed E-state index contributed by atoms with van der Waals surface area (Å²) in [5.74, 6) is -0.994. The quantitative estimate of drug-likeness (QED) is 0.425. The van der Waals surface area contributed by atoms with E-state index in [0.29, 0.717) is 0 Å². The van der Waals surface area contributed by atoms with Crippen LogP contribution in [0.25, 0.3) is 10.8 Å². The average molecular weight is 488 g/mol. The second-order valence-electron chi connectivity index (χ2n) is 6.89. The predicted molar refractivity (Wildman–Crippen MR) is 117 cm³/mol. The Hall–Kier alpha value is -2.75. The summed E-state index contributed by atoms with van der Waals surface area (Å²) >= 11 is 3.30. The van der Waals surface area contributed by atoms with Crippen LogP contribution in [0.2, 0.25) is 0 Å². The molecule has 30 heavy (non-hydrogen) atoms. The van der Waals surface area contributed by atoms with E-state index in [1.165, 1.54) is 12.1 Å². The number of H-pyrrole nitrogens is 1. The molecule has 0 amide bonds. The van der Waals surface area contributed by atoms with Crippen LogP contribution < -0.4 is 10.5 Å². The number of benzene rings is 3. The first-order valence-electron chi connectivity index (χ1n) is 9.16. The van der Waals surface area contributed by atoms with Gasteiger partial charge in [-0.3, -0.25) is 9.51 Å². The van der Waals surface area contributed by atoms with Crippen molar-refractivity contribution in [2.24, 2.45) is 0 Å². The largest absolute Gasteiger partial charge is 0.438 e. The number of halogens is 1. The number of aromatic amines is 1. The molecule has 9 heteroatoms. The van der Waals surface area contributed by atoms with Crippen molar-refractivity contribution in [1.82, 2.24) is 14.9 Å². The summed E-state index contributed by atoms with van der Waals surface area (Å²) < 4.78 is 34.2. The van der Waals surface area contributed by atoms with Gasteiger partial charge in [-0.15, -0.1) is 0 Å². The summed E-state index contributed by atoms with van der Waals surface area (Å²) in [5, 5.41) is 5.78. The van der Waals surface area contributed by atoms with Gasteiger partial charge in [-0.2, -0.15) is 4.72 Å². The SMILES string of the molecule is C[C@H](c1cccc2ccccc12)[C@H](NS(=O)(=O)c1ccc(Br)cc1)c1noc(=O)[nH]1. The zero-order chi connectivity index (χ0) is 21.3. The molecule has 4 rings (SSSR count). The maximum Gasteiger partial charge on any atom is 0.438 e. The third-order valence-electron chi connectivity index (χ3n) is 4.97. The Morgan fingerprint density at radius 1 is 1.03 bits per heavy atom. The molecule has 0 bridgehead atoms. The first-order chi connectivity index (χ1) is 14.3. The molecule has 0 aliphatic rings. The van der Waals surface area contributed by atoms with Gasteiger partial charge < -0.3 is 0 Å². The molecule has 0 fully saturated rings. The molecule has 0 saturated heterocycles. The Kier molecular flexibility index (Phi) is 5.59. The molecule has 4 aromatic rings. The summed E-state index contributed by atoms with van der Waals surface area (Å²) in [6.07, 6.45) is 0. The van der Waals surface area contributed by atoms with Crippen LogP contribution in [0.1, 0.15) is 30.3 Å². The molecule has 3 aromatic carbocycles. The maximum atomic E-state index is 13.1. The molecule has 0 spiro atoms. The lowest BCUT2D eigenvalue weighted by Gasteiger charge is -2.24. The highest BCUT2D eigenvalue weighted by Gasteiger charge is 2.31. The molecule has 0 aliphatic carbocycles. The average Bonchev–Trinajstić information content (AvgIpc) is 3.17. The highest BCUT2D eigenvalue weighted by atomic mass is 79.9. The molecule has 7 nitrogen and oxygen atoms in total. The minimum atomic E-state index is -3.90. The normalized spacial score (nSPS) is 13.9. The van der Waals surface area contributed by atoms with E-state index < -0.39 is 21.8 Å². The highest BCUT2D eigenvalue weighted by molar-refractivity contribution is 9.10. The number of nitrogens with zero attached hydrogens (tertiary/aromatic N) is 1. The summed E-state index contributed by atoms with van der Waals surface area (Å²) in [6.45, 7) is 1.88. The van der Waals surface area contributed by atoms with Gasteiger partial charge in [-0.1, -0.05) is 70.5 Å². The molecular formula is C21H18BrN3O4S. The monoisotopic (exact) mass is 487 g/mol. The molecule has 0 unspecified atom stereocenters. The smallest absolute Gasteiger partial charge is 0.296 e. The number of rotatable bonds is 6. The number of aromatic nitrogens is 2. The summed E-state index contributed by atoms with van der Waals surface area (Å²) in [4.78, 5) is 14.2. The maximum absolute atomic E-state index is 13.1. The van der Waals surface area contributed by atoms with E-state index in [9.17, 15) is 13.2 Å². The molecule has 2 atom stereocenters. The molecule has 1 aromatic heterocycles. The fourth-order valence-corrected chi connectivity index (χ4v) is 4.99. The van der Waals surface area contributed by atoms with Crippen molar-refractivity contribution < 1.29 is 12.9 Å². The van der Waals surface area contributed by atoms with Gasteiger partial charge in [-0.25, -0.2) is 13.2 Å². The Morgan fingerprint density at radius 3 is 2.43 bits per heavy atom. The fourth-order valence-electron chi connectivity index (χ4n) is 3.45. The zero-order valence-corrected chi connectivity index (χ0v) is 18.3. The van der Waals surface area contributed by atoms with Crippen molar-refractivity contribution in [3.8, 4) is 0 Å². The Balaban J connectivity index is 1.78. The third kappa shape index (κ3) is 4.09. The van der Waals surface area contributed by atoms with E-state index in [1.54, 1.807) is 12.1 Å². The molecule has 0 aliphatic heterocycles. The van der Waals surface area contributed by atoms with Crippen molar-refractivity contribution in [2.75, 3.05) is 0 Å². The van der Waals surface area contributed by atoms with E-state index in [2.05, 4.69) is 35.3 Å². The first-order valence-corrected chi connectivity index (χ1v) is 11.4. The van der Waals surface area contributed by atoms with E-state index in [-0.39, 0.29) is 16.6 Å². The van der Waals surface area contributed by atoms with Crippen LogP contribution in [0.15, 0.2) is 85.4 Å². The second-order valence-corrected chi connectivity index (χ2v) is 9.52. The van der Waals surface area contributed by atoms with Crippen LogP contribution >= 0.6 is 15.9 Å². The minimum absolute atomic E-state index is 0.103. The standard InChI is InChI=1S/C21H18BrN3O4S/c1-13(17-8-4-6-14-5-2-3-7-18(14)17)19(20-23-21(26)29-24-20)25-30(27,28)16-11-9-15(22)10-12-16/h2-13,19,25H,1H3,(H,23,24,26)/t13-,19+/m1/s1. The Morgan fingerprint density at radius 2 is 1.73 bits per heavy atom. The van der Waals surface area contributed by atoms with E-state index in [1.807, 2.05) is 49.4 Å². The molecule has 0 radical (unpaired) electrons. The fraction of sp³-hybridized carbons (Fsp3) is 0.143. The lowest BCUT2D eigenvalue weighted by Crippen LogP contribution is -2.33. The van der Waals surface area contributed by atoms with Crippen LogP contribution in [-0.2, 0) is 10.0 Å². The van der Waals surface area contributed by atoms with Crippen molar-refractivity contribution >= 4 is 36.7 Å². The van der Waals surface area contributed by atoms with Crippen molar-refractivity contribution in [3.05, 3.63) is 93.1 Å². The van der Waals surface area contributed by atoms with Crippen molar-refractivity contribution in [3.63, 3.8) is 0 Å². The van der Waals surface area contributed by atoms with E-state index in [4.69, 9.17) is 0 Å². The number of fused-ring (bicyclic) bond motifs is 1. The molecule has 1 heterocycles. The predicted octanol–water partition coefficient (Wildman–Crippen LogP) is 4.10. The Labute approximate surface area is 181 Å². The summed E-state index contributed by atoms with van der Waals surface area (Å²) in [6, 6.07) is 19.1. The van der Waals surface area contributed by atoms with Crippen LogP contribution in [0.4, 0.5) is 0 Å². The van der Waals surface area contributed by atoms with E-state index >= 15 is 0 Å². The van der Waals surface area contributed by atoms with Gasteiger partial charge in [0.2, 0.25) is 10.0 Å². The zero-order valence-electron chi connectivity index (χ0n) is 15.9. The number of sulfonamides is 1. The third-order valence-corrected chi connectivity index (χ3v) is 6.96. The first kappa shape index (κ1) is 20.5. The van der Waals surface area contributed by atoms with Gasteiger partial charge in [0.1, 0.15) is 0 Å². The lowest BCUT2D eigenvalue weighted by molar-refractivity contribution is 0.371. The summed E-state index contributed by atoms with van der Waals surface area (Å²) in [5.41, 5.74) is 0.917. The van der Waals surface area contributed by atoms with Crippen LogP contribution in [0, 0.1) is 0 Å². The van der Waals surface area contributed by atoms with Crippen molar-refractivity contribution in [1.29, 1.82) is 0 Å². The van der Waals surface area contributed by atoms with Crippen LogP contribution in [0.5, 0.6) is 0 Å². The van der Waals surface area contributed by atoms with Gasteiger partial charge in [0.05, 0.1) is 10.9 Å². The minimum Gasteiger partial charge on any atom is -0.296 e. The van der Waals surface area contributed by atoms with Gasteiger partial charge in [-0.05, 0) is 40.6 Å². The van der Waals surface area contributed by atoms with Crippen LogP contribution in [0.3, 0.4) is 0 Å².